The molecule has 2 aliphatic carbocycles. The predicted molar refractivity (Wildman–Crippen MR) is 117 cm³/mol. The van der Waals surface area contributed by atoms with E-state index in [-0.39, 0.29) is 23.0 Å². The molecular weight excluding hydrogens is 376 g/mol. The summed E-state index contributed by atoms with van der Waals surface area (Å²) in [5.41, 5.74) is 7.72. The van der Waals surface area contributed by atoms with Gasteiger partial charge in [-0.25, -0.2) is 4.79 Å². The number of hydrogen-bond acceptors (Lipinski definition) is 3. The Balaban J connectivity index is 1.39. The van der Waals surface area contributed by atoms with Crippen LogP contribution in [0.15, 0.2) is 24.3 Å². The SMILES string of the molecule is CN1c2ccccc2[C@]12CC[C@]1(CC2)CN(CC(C)(C)C(N)=O)C(=O)N1CC1CC1. The zero-order chi connectivity index (χ0) is 21.3. The highest BCUT2D eigenvalue weighted by molar-refractivity contribution is 5.83. The summed E-state index contributed by atoms with van der Waals surface area (Å²) >= 11 is 0. The smallest absolute Gasteiger partial charge is 0.320 e. The van der Waals surface area contributed by atoms with Gasteiger partial charge in [-0.05, 0) is 64.4 Å². The highest BCUT2D eigenvalue weighted by Gasteiger charge is 2.58. The summed E-state index contributed by atoms with van der Waals surface area (Å²) in [5.74, 6) is 0.304. The maximum atomic E-state index is 13.4. The molecule has 0 unspecified atom stereocenters. The predicted octanol–water partition coefficient (Wildman–Crippen LogP) is 3.30. The van der Waals surface area contributed by atoms with Crippen LogP contribution in [0.5, 0.6) is 0 Å². The van der Waals surface area contributed by atoms with Crippen molar-refractivity contribution in [1.82, 2.24) is 9.80 Å². The number of carbonyl (C=O) groups is 2. The molecule has 2 N–H and O–H groups in total. The number of fused-ring (bicyclic) bond motifs is 2. The lowest BCUT2D eigenvalue weighted by Gasteiger charge is -2.59. The summed E-state index contributed by atoms with van der Waals surface area (Å²) in [7, 11) is 2.21. The molecule has 1 aromatic rings. The number of nitrogens with two attached hydrogens (primary N) is 1. The van der Waals surface area contributed by atoms with Crippen molar-refractivity contribution in [2.24, 2.45) is 17.1 Å². The van der Waals surface area contributed by atoms with Crippen LogP contribution in [0.1, 0.15) is 57.9 Å². The van der Waals surface area contributed by atoms with Crippen molar-refractivity contribution in [2.75, 3.05) is 31.6 Å². The molecule has 2 heterocycles. The Morgan fingerprint density at radius 1 is 1.17 bits per heavy atom. The summed E-state index contributed by atoms with van der Waals surface area (Å²) in [6.45, 7) is 5.67. The van der Waals surface area contributed by atoms with Gasteiger partial charge in [-0.3, -0.25) is 4.79 Å². The monoisotopic (exact) mass is 410 g/mol. The number of para-hydroxylation sites is 1. The third-order valence-electron chi connectivity index (χ3n) is 8.37. The van der Waals surface area contributed by atoms with Crippen molar-refractivity contribution in [3.05, 3.63) is 29.8 Å². The Hall–Kier alpha value is -2.24. The molecule has 0 radical (unpaired) electrons. The minimum atomic E-state index is -0.713. The van der Waals surface area contributed by atoms with Gasteiger partial charge in [0.25, 0.3) is 0 Å². The van der Waals surface area contributed by atoms with Gasteiger partial charge in [0.2, 0.25) is 5.91 Å². The Morgan fingerprint density at radius 3 is 2.47 bits per heavy atom. The van der Waals surface area contributed by atoms with Crippen LogP contribution < -0.4 is 10.6 Å². The number of anilines is 1. The lowest BCUT2D eigenvalue weighted by molar-refractivity contribution is -0.126. The third-order valence-corrected chi connectivity index (χ3v) is 8.37. The third kappa shape index (κ3) is 2.75. The summed E-state index contributed by atoms with van der Waals surface area (Å²) in [5, 5.41) is 0. The van der Waals surface area contributed by atoms with Gasteiger partial charge in [-0.2, -0.15) is 0 Å². The van der Waals surface area contributed by atoms with Gasteiger partial charge in [0.05, 0.1) is 16.5 Å². The first kappa shape index (κ1) is 19.7. The van der Waals surface area contributed by atoms with Gasteiger partial charge in [0.15, 0.2) is 0 Å². The largest absolute Gasteiger partial charge is 0.369 e. The number of carbonyl (C=O) groups excluding carboxylic acids is 2. The number of primary amides is 1. The standard InChI is InChI=1S/C24H34N4O2/c1-22(2,20(25)29)15-27-16-23(28(21(27)30)14-17-8-9-17)10-12-24(13-11-23)18-6-4-5-7-19(18)26(24)3/h4-7,17H,8-16H2,1-3H3,(H2,25,29)/t23-,24+. The zero-order valence-corrected chi connectivity index (χ0v) is 18.5. The van der Waals surface area contributed by atoms with E-state index in [0.717, 1.165) is 38.8 Å². The van der Waals surface area contributed by atoms with E-state index in [1.54, 1.807) is 0 Å². The van der Waals surface area contributed by atoms with Crippen molar-refractivity contribution in [1.29, 1.82) is 0 Å². The van der Waals surface area contributed by atoms with Crippen LogP contribution in [-0.2, 0) is 10.3 Å². The first-order valence-corrected chi connectivity index (χ1v) is 11.4. The van der Waals surface area contributed by atoms with Gasteiger partial charge in [0.1, 0.15) is 0 Å². The number of urea groups is 1. The molecule has 4 aliphatic rings. The van der Waals surface area contributed by atoms with Crippen LogP contribution in [0, 0.1) is 11.3 Å². The molecular formula is C24H34N4O2. The van der Waals surface area contributed by atoms with Crippen LogP contribution in [-0.4, -0.2) is 54.0 Å². The molecule has 162 valence electrons. The van der Waals surface area contributed by atoms with Crippen LogP contribution in [0.25, 0.3) is 0 Å². The molecule has 0 bridgehead atoms. The first-order chi connectivity index (χ1) is 14.2. The zero-order valence-electron chi connectivity index (χ0n) is 18.5. The molecule has 2 spiro atoms. The Labute approximate surface area is 179 Å². The van der Waals surface area contributed by atoms with E-state index in [2.05, 4.69) is 41.1 Å². The molecule has 6 heteroatoms. The van der Waals surface area contributed by atoms with Crippen molar-refractivity contribution in [3.63, 3.8) is 0 Å². The van der Waals surface area contributed by atoms with E-state index in [1.807, 2.05) is 18.7 Å². The molecule has 1 saturated heterocycles. The average Bonchev–Trinajstić information content (AvgIpc) is 3.51. The fourth-order valence-electron chi connectivity index (χ4n) is 6.07. The molecule has 3 amide bonds. The highest BCUT2D eigenvalue weighted by Crippen LogP contribution is 2.57. The van der Waals surface area contributed by atoms with Gasteiger partial charge in [-0.15, -0.1) is 0 Å². The lowest BCUT2D eigenvalue weighted by Crippen LogP contribution is -2.60. The number of amides is 3. The molecule has 6 nitrogen and oxygen atoms in total. The molecule has 0 aromatic heterocycles. The van der Waals surface area contributed by atoms with Crippen LogP contribution >= 0.6 is 0 Å². The van der Waals surface area contributed by atoms with E-state index in [4.69, 9.17) is 5.73 Å². The number of hydrogen-bond donors (Lipinski definition) is 1. The highest BCUT2D eigenvalue weighted by atomic mass is 16.2. The van der Waals surface area contributed by atoms with E-state index in [9.17, 15) is 9.59 Å². The van der Waals surface area contributed by atoms with Crippen LogP contribution in [0.3, 0.4) is 0 Å². The topological polar surface area (TPSA) is 69.9 Å². The van der Waals surface area contributed by atoms with Crippen LogP contribution in [0.2, 0.25) is 0 Å². The molecule has 3 fully saturated rings. The van der Waals surface area contributed by atoms with E-state index in [1.165, 1.54) is 24.1 Å². The van der Waals surface area contributed by atoms with E-state index >= 15 is 0 Å². The molecule has 2 saturated carbocycles. The second kappa shape index (κ2) is 6.38. The Bertz CT molecular complexity index is 883. The average molecular weight is 411 g/mol. The summed E-state index contributed by atoms with van der Waals surface area (Å²) in [6.07, 6.45) is 6.62. The minimum absolute atomic E-state index is 0.106. The normalized spacial score (nSPS) is 30.8. The molecule has 5 rings (SSSR count). The van der Waals surface area contributed by atoms with E-state index in [0.29, 0.717) is 12.5 Å². The quantitative estimate of drug-likeness (QED) is 0.810. The van der Waals surface area contributed by atoms with Crippen LogP contribution in [0.4, 0.5) is 10.5 Å². The second-order valence-corrected chi connectivity index (χ2v) is 10.8. The van der Waals surface area contributed by atoms with Crippen molar-refractivity contribution in [2.45, 2.75) is 63.5 Å². The summed E-state index contributed by atoms with van der Waals surface area (Å²) in [6, 6.07) is 8.84. The fraction of sp³-hybridized carbons (Fsp3) is 0.667. The fourth-order valence-corrected chi connectivity index (χ4v) is 6.07. The molecule has 1 aromatic carbocycles. The maximum Gasteiger partial charge on any atom is 0.320 e. The van der Waals surface area contributed by atoms with Gasteiger partial charge < -0.3 is 20.4 Å². The van der Waals surface area contributed by atoms with Gasteiger partial charge >= 0.3 is 6.03 Å². The number of benzene rings is 1. The van der Waals surface area contributed by atoms with Gasteiger partial charge in [-0.1, -0.05) is 18.2 Å². The summed E-state index contributed by atoms with van der Waals surface area (Å²) in [4.78, 5) is 31.9. The van der Waals surface area contributed by atoms with Crippen molar-refractivity contribution in [3.8, 4) is 0 Å². The van der Waals surface area contributed by atoms with Gasteiger partial charge in [0, 0.05) is 37.9 Å². The maximum absolute atomic E-state index is 13.4. The number of rotatable bonds is 5. The lowest BCUT2D eigenvalue weighted by atomic mass is 9.64. The molecule has 30 heavy (non-hydrogen) atoms. The Kier molecular flexibility index (Phi) is 4.19. The minimum Gasteiger partial charge on any atom is -0.369 e. The Morgan fingerprint density at radius 2 is 1.83 bits per heavy atom. The molecule has 2 aliphatic heterocycles. The molecule has 0 atom stereocenters. The van der Waals surface area contributed by atoms with Crippen molar-refractivity contribution < 1.29 is 9.59 Å². The first-order valence-electron chi connectivity index (χ1n) is 11.4. The van der Waals surface area contributed by atoms with Crippen molar-refractivity contribution >= 4 is 17.6 Å². The van der Waals surface area contributed by atoms with E-state index < -0.39 is 5.41 Å². The summed E-state index contributed by atoms with van der Waals surface area (Å²) < 4.78 is 0. The number of nitrogens with zero attached hydrogens (tertiary/aromatic N) is 3. The second-order valence-electron chi connectivity index (χ2n) is 10.8.